The normalized spacial score (nSPS) is 14.6. The molecule has 35 heteroatoms. The van der Waals surface area contributed by atoms with Crippen molar-refractivity contribution in [1.29, 1.82) is 0 Å². The van der Waals surface area contributed by atoms with Crippen molar-refractivity contribution in [1.82, 2.24) is 110 Å². The summed E-state index contributed by atoms with van der Waals surface area (Å²) in [5.74, 6) is 9.30. The van der Waals surface area contributed by atoms with E-state index in [-0.39, 0.29) is 12.1 Å². The van der Waals surface area contributed by atoms with Gasteiger partial charge in [-0.15, -0.1) is 0 Å². The van der Waals surface area contributed by atoms with E-state index in [1.807, 2.05) is 163 Å². The highest BCUT2D eigenvalue weighted by molar-refractivity contribution is 6.30. The average Bonchev–Trinajstić information content (AvgIpc) is 1.61. The van der Waals surface area contributed by atoms with Gasteiger partial charge in [-0.1, -0.05) is 90.5 Å². The number of benzene rings is 5. The quantitative estimate of drug-likeness (QED) is 0.0283. The largest absolute Gasteiger partial charge is 0.496 e. The van der Waals surface area contributed by atoms with Gasteiger partial charge in [0.25, 0.3) is 0 Å². The summed E-state index contributed by atoms with van der Waals surface area (Å²) in [6.45, 7) is 19.9. The van der Waals surface area contributed by atoms with Crippen molar-refractivity contribution in [2.24, 2.45) is 5.92 Å². The number of aromatic amines is 7. The van der Waals surface area contributed by atoms with E-state index >= 15 is 0 Å². The molecule has 0 amide bonds. The molecule has 15 aromatic heterocycles. The summed E-state index contributed by atoms with van der Waals surface area (Å²) in [5.41, 5.74) is 23.5. The molecule has 0 radical (unpaired) electrons. The summed E-state index contributed by atoms with van der Waals surface area (Å²) >= 11 is 5.97. The fourth-order valence-electron chi connectivity index (χ4n) is 18.6. The van der Waals surface area contributed by atoms with Crippen molar-refractivity contribution < 1.29 is 14.2 Å². The number of rotatable bonds is 23. The third kappa shape index (κ3) is 24.6. The Morgan fingerprint density at radius 3 is 1.18 bits per heavy atom. The topological polar surface area (TPSA) is 413 Å². The monoisotopic (exact) mass is 1950 g/mol. The highest BCUT2D eigenvalue weighted by atomic mass is 35.5. The number of fused-ring (bicyclic) bond motifs is 9. The van der Waals surface area contributed by atoms with Gasteiger partial charge < -0.3 is 101 Å². The molecule has 2 aliphatic heterocycles. The molecule has 1 saturated carbocycles. The van der Waals surface area contributed by atoms with E-state index in [0.29, 0.717) is 26.2 Å². The second-order valence-electron chi connectivity index (χ2n) is 36.5. The Kier molecular flexibility index (Phi) is 32.2. The van der Waals surface area contributed by atoms with Gasteiger partial charge in [-0.3, -0.25) is 4.98 Å². The second-order valence-corrected chi connectivity index (χ2v) is 36.9. The molecule has 2 atom stereocenters. The number of anilines is 9. The average molecular weight is 1950 g/mol. The van der Waals surface area contributed by atoms with Crippen molar-refractivity contribution in [3.8, 4) is 17.2 Å². The van der Waals surface area contributed by atoms with E-state index in [2.05, 4.69) is 258 Å². The minimum absolute atomic E-state index is 0.278. The molecule has 144 heavy (non-hydrogen) atoms. The fraction of sp³-hybridized carbons (Fsp3) is 0.284. The number of nitrogens with zero attached hydrogens (tertiary/aromatic N) is 17. The number of pyridine rings is 2. The highest BCUT2D eigenvalue weighted by Crippen LogP contribution is 2.40. The van der Waals surface area contributed by atoms with E-state index in [9.17, 15) is 0 Å². The van der Waals surface area contributed by atoms with Crippen LogP contribution in [0, 0.1) is 54.4 Å². The molecule has 17 heterocycles. The summed E-state index contributed by atoms with van der Waals surface area (Å²) < 4.78 is 16.2. The van der Waals surface area contributed by atoms with Gasteiger partial charge in [-0.05, 0) is 226 Å². The maximum Gasteiger partial charge on any atom is 0.143 e. The standard InChI is InChI=1S/2C17H19N5.C17H26N4.C16H18N4O2.C15H16N4O.C14H13ClN4.C13H13N5/c2*1-11-9-13-16(20-11)18-10-19-17(13)21-14-7-8-22(2)15-6-4-3-5-12(14)15;1-12-10-15-16(20-12)8-9-18-17(15)19-11-13-4-6-14(7-5-13)21(2)3;1-10-7-11-15(18-9-19-16(11)20-10)17-8-12-13(21-2)5-4-6-14(12)22-3;1-10-7-12-14(17-9-18-15(12)19-10)16-8-11-5-3-4-6-13(11)20-2;1-9-5-12-13(17-8-18-14(12)19-9)16-7-10-3-2-4-11(15)6-10;1-9-5-11-12(16-8-17-13(11)18-9)15-7-10-3-2-4-14-6-10/h2*3-6,9-10,14H,7-8H2,1-2H3,(H2,18,19,20,21);8-10,13-14,20H,4-7,11H2,1-3H3,(H,18,19);4-7,9H,8H2,1-3H3,(H2,17,18,19,20);3-7,9H,8H2,1-2H3,(H2,16,17,18,19);2-6,8H,7H2,1H3,(H2,16,17,18,19);2-6,8H,7H2,1H3,(H2,15,16,17,18)/t14-;;;;;;/m0....../s1. The number of aromatic nitrogens is 21. The van der Waals surface area contributed by atoms with Gasteiger partial charge >= 0.3 is 0 Å². The van der Waals surface area contributed by atoms with Crippen LogP contribution in [0.4, 0.5) is 52.1 Å². The summed E-state index contributed by atoms with van der Waals surface area (Å²) in [6, 6.07) is 60.4. The Morgan fingerprint density at radius 1 is 0.354 bits per heavy atom. The molecular formula is C109H124ClN31O3. The van der Waals surface area contributed by atoms with Crippen LogP contribution in [0.5, 0.6) is 17.2 Å². The molecular weight excluding hydrogens is 1830 g/mol. The lowest BCUT2D eigenvalue weighted by Crippen LogP contribution is -2.33. The molecule has 34 nitrogen and oxygen atoms in total. The van der Waals surface area contributed by atoms with Crippen molar-refractivity contribution in [3.05, 3.63) is 311 Å². The Hall–Kier alpha value is -16.5. The predicted octanol–water partition coefficient (Wildman–Crippen LogP) is 21.5. The Bertz CT molecular complexity index is 7510. The Morgan fingerprint density at radius 2 is 0.736 bits per heavy atom. The van der Waals surface area contributed by atoms with Gasteiger partial charge in [0.2, 0.25) is 0 Å². The lowest BCUT2D eigenvalue weighted by Gasteiger charge is -2.33. The van der Waals surface area contributed by atoms with E-state index < -0.39 is 0 Å². The first-order chi connectivity index (χ1) is 70.1. The molecule has 3 aliphatic rings. The second kappa shape index (κ2) is 46.7. The van der Waals surface area contributed by atoms with Crippen LogP contribution in [-0.4, -0.2) is 185 Å². The zero-order valence-electron chi connectivity index (χ0n) is 83.6. The fourth-order valence-corrected chi connectivity index (χ4v) is 18.8. The van der Waals surface area contributed by atoms with E-state index in [1.165, 1.54) is 64.8 Å². The molecule has 1 aliphatic carbocycles. The van der Waals surface area contributed by atoms with Gasteiger partial charge in [0.15, 0.2) is 0 Å². The summed E-state index contributed by atoms with van der Waals surface area (Å²) in [7, 11) is 13.7. The van der Waals surface area contributed by atoms with E-state index in [1.54, 1.807) is 65.5 Å². The number of hydrogen-bond donors (Lipinski definition) is 14. The molecule has 1 fully saturated rings. The Balaban J connectivity index is 0.000000115. The number of aryl methyl sites for hydroxylation is 7. The number of para-hydroxylation sites is 3. The van der Waals surface area contributed by atoms with Crippen LogP contribution in [0.2, 0.25) is 5.02 Å². The zero-order chi connectivity index (χ0) is 100. The van der Waals surface area contributed by atoms with Gasteiger partial charge in [-0.2, -0.15) is 0 Å². The molecule has 20 aromatic rings. The number of methoxy groups -OCH3 is 3. The van der Waals surface area contributed by atoms with Gasteiger partial charge in [-0.25, -0.2) is 64.8 Å². The summed E-state index contributed by atoms with van der Waals surface area (Å²) in [5, 5.41) is 32.1. The first kappa shape index (κ1) is 99.1. The summed E-state index contributed by atoms with van der Waals surface area (Å²) in [4.78, 5) is 89.8. The SMILES string of the molecule is COc1cccc(OC)c1CNc1ncnc2[nH]c(C)cc12.COc1ccccc1CNc1ncnc2[nH]c(C)cc12.Cc1cc2c(NC3CCN(C)c4ccccc43)ncnc2[nH]1.Cc1cc2c(NCC3CCC(N(C)C)CC3)nccc2[nH]1.Cc1cc2c(NCc3cccc(Cl)c3)ncnc2[nH]1.Cc1cc2c(NCc3cccnc3)ncnc2[nH]1.Cc1cc2c(N[C@H]3CCN(C)c4ccccc43)ncnc2[nH]1. The minimum atomic E-state index is 0.278. The molecule has 0 bridgehead atoms. The molecule has 0 spiro atoms. The maximum absolute atomic E-state index is 5.97. The first-order valence-electron chi connectivity index (χ1n) is 48.3. The smallest absolute Gasteiger partial charge is 0.143 e. The number of halogens is 1. The Labute approximate surface area is 841 Å². The third-order valence-corrected chi connectivity index (χ3v) is 26.1. The summed E-state index contributed by atoms with van der Waals surface area (Å²) in [6.07, 6.45) is 22.3. The molecule has 1 unspecified atom stereocenters. The minimum Gasteiger partial charge on any atom is -0.496 e. The molecule has 14 N–H and O–H groups in total. The lowest BCUT2D eigenvalue weighted by molar-refractivity contribution is 0.198. The van der Waals surface area contributed by atoms with Crippen LogP contribution in [0.1, 0.15) is 124 Å². The zero-order valence-corrected chi connectivity index (χ0v) is 84.4. The number of ether oxygens (including phenoxy) is 3. The van der Waals surface area contributed by atoms with Crippen LogP contribution in [0.3, 0.4) is 0 Å². The van der Waals surface area contributed by atoms with Crippen molar-refractivity contribution >= 4 is 141 Å². The molecule has 0 saturated heterocycles. The van der Waals surface area contributed by atoms with Crippen LogP contribution < -0.4 is 61.2 Å². The molecule has 740 valence electrons. The van der Waals surface area contributed by atoms with Gasteiger partial charge in [0.05, 0.1) is 76.8 Å². The number of H-pyrrole nitrogens is 7. The van der Waals surface area contributed by atoms with Crippen molar-refractivity contribution in [2.75, 3.05) is 116 Å². The van der Waals surface area contributed by atoms with Crippen molar-refractivity contribution in [2.45, 2.75) is 131 Å². The van der Waals surface area contributed by atoms with Crippen LogP contribution in [0.15, 0.2) is 232 Å². The van der Waals surface area contributed by atoms with Crippen LogP contribution in [0.25, 0.3) is 77.1 Å². The van der Waals surface area contributed by atoms with Gasteiger partial charge in [0, 0.05) is 152 Å². The number of hydrogen-bond acceptors (Lipinski definition) is 27. The highest BCUT2D eigenvalue weighted by Gasteiger charge is 2.28. The molecule has 23 rings (SSSR count). The number of nitrogens with one attached hydrogen (secondary N) is 14. The van der Waals surface area contributed by atoms with Gasteiger partial charge in [0.1, 0.15) is 130 Å². The van der Waals surface area contributed by atoms with Crippen molar-refractivity contribution in [3.63, 3.8) is 0 Å². The van der Waals surface area contributed by atoms with Crippen LogP contribution >= 0.6 is 11.6 Å². The van der Waals surface area contributed by atoms with E-state index in [0.717, 1.165) is 230 Å². The molecule has 5 aromatic carbocycles. The maximum atomic E-state index is 5.97. The predicted molar refractivity (Wildman–Crippen MR) is 579 cm³/mol. The van der Waals surface area contributed by atoms with Crippen LogP contribution in [-0.2, 0) is 26.2 Å². The van der Waals surface area contributed by atoms with E-state index in [4.69, 9.17) is 25.8 Å². The lowest BCUT2D eigenvalue weighted by atomic mass is 9.85. The third-order valence-electron chi connectivity index (χ3n) is 25.9. The first-order valence-corrected chi connectivity index (χ1v) is 48.7.